The zero-order chi connectivity index (χ0) is 21.3. The van der Waals surface area contributed by atoms with E-state index < -0.39 is 12.1 Å². The minimum absolute atomic E-state index is 0.0402. The number of aryl methyl sites for hydroxylation is 1. The number of benzene rings is 1. The van der Waals surface area contributed by atoms with Crippen LogP contribution >= 0.6 is 0 Å². The van der Waals surface area contributed by atoms with Crippen molar-refractivity contribution in [3.63, 3.8) is 0 Å². The lowest BCUT2D eigenvalue weighted by atomic mass is 9.87. The number of halogens is 3. The summed E-state index contributed by atoms with van der Waals surface area (Å²) >= 11 is 0. The van der Waals surface area contributed by atoms with Crippen LogP contribution < -0.4 is 5.73 Å². The number of nitrogens with zero attached hydrogens (tertiary/aromatic N) is 2. The summed E-state index contributed by atoms with van der Waals surface area (Å²) in [5, 5.41) is 7.12. The minimum Gasteiger partial charge on any atom is -0.475 e. The third kappa shape index (κ3) is 4.19. The Morgan fingerprint density at radius 1 is 1.28 bits per heavy atom. The quantitative estimate of drug-likeness (QED) is 0.799. The number of aliphatic carboxylic acids is 1. The van der Waals surface area contributed by atoms with Gasteiger partial charge in [-0.1, -0.05) is 30.3 Å². The molecule has 6 nitrogen and oxygen atoms in total. The number of ketones is 1. The van der Waals surface area contributed by atoms with Gasteiger partial charge in [-0.15, -0.1) is 0 Å². The molecule has 1 aliphatic carbocycles. The highest BCUT2D eigenvalue weighted by Crippen LogP contribution is 2.39. The number of carbonyl (C=O) groups is 2. The van der Waals surface area contributed by atoms with Crippen molar-refractivity contribution in [1.29, 1.82) is 0 Å². The molecule has 1 aromatic heterocycles. The Hall–Kier alpha value is -3.07. The zero-order valence-corrected chi connectivity index (χ0v) is 15.6. The summed E-state index contributed by atoms with van der Waals surface area (Å²) in [6.45, 7) is 1.85. The van der Waals surface area contributed by atoms with E-state index in [9.17, 15) is 18.0 Å². The maximum Gasteiger partial charge on any atom is 0.490 e. The lowest BCUT2D eigenvalue weighted by molar-refractivity contribution is -0.192. The van der Waals surface area contributed by atoms with Crippen molar-refractivity contribution in [2.24, 2.45) is 12.8 Å². The summed E-state index contributed by atoms with van der Waals surface area (Å²) in [4.78, 5) is 23.7. The van der Waals surface area contributed by atoms with Gasteiger partial charge in [0.05, 0.1) is 17.4 Å². The maximum atomic E-state index is 12.4. The normalized spacial score (nSPS) is 18.4. The number of hydrogen-bond acceptors (Lipinski definition) is 4. The fraction of sp³-hybridized carbons (Fsp3) is 0.300. The molecule has 1 unspecified atom stereocenters. The van der Waals surface area contributed by atoms with Gasteiger partial charge in [-0.25, -0.2) is 4.79 Å². The van der Waals surface area contributed by atoms with E-state index in [0.717, 1.165) is 30.8 Å². The van der Waals surface area contributed by atoms with Gasteiger partial charge in [-0.05, 0) is 23.6 Å². The van der Waals surface area contributed by atoms with Gasteiger partial charge in [0.1, 0.15) is 0 Å². The Kier molecular flexibility index (Phi) is 5.52. The summed E-state index contributed by atoms with van der Waals surface area (Å²) in [6.07, 6.45) is -0.0916. The van der Waals surface area contributed by atoms with E-state index in [1.165, 1.54) is 11.1 Å². The molecule has 4 rings (SSSR count). The van der Waals surface area contributed by atoms with Gasteiger partial charge in [0.2, 0.25) is 5.78 Å². The molecule has 1 aliphatic heterocycles. The van der Waals surface area contributed by atoms with E-state index >= 15 is 0 Å². The Bertz CT molecular complexity index is 965. The number of alkyl halides is 3. The van der Waals surface area contributed by atoms with Gasteiger partial charge >= 0.3 is 12.1 Å². The Balaban J connectivity index is 0.000000298. The number of Topliss-reactive ketones (excluding diaryl/α,β-unsaturated/α-hetero) is 1. The molecule has 0 saturated heterocycles. The molecule has 0 amide bonds. The van der Waals surface area contributed by atoms with Crippen molar-refractivity contribution in [3.8, 4) is 0 Å². The van der Waals surface area contributed by atoms with Crippen LogP contribution in [0.2, 0.25) is 0 Å². The van der Waals surface area contributed by atoms with Gasteiger partial charge in [-0.2, -0.15) is 13.2 Å². The fourth-order valence-electron chi connectivity index (χ4n) is 3.67. The predicted octanol–water partition coefficient (Wildman–Crippen LogP) is 2.80. The number of aromatic nitrogens is 1. The van der Waals surface area contributed by atoms with Crippen LogP contribution in [0.3, 0.4) is 0 Å². The number of carboxylic acid groups (broad SMARTS) is 1. The molecule has 0 bridgehead atoms. The van der Waals surface area contributed by atoms with Crippen LogP contribution in [0.4, 0.5) is 13.2 Å². The van der Waals surface area contributed by atoms with Gasteiger partial charge in [0.25, 0.3) is 0 Å². The van der Waals surface area contributed by atoms with Crippen molar-refractivity contribution < 1.29 is 27.9 Å². The molecular weight excluding hydrogens is 387 g/mol. The van der Waals surface area contributed by atoms with Gasteiger partial charge in [-0.3, -0.25) is 9.69 Å². The molecule has 2 heterocycles. The second kappa shape index (κ2) is 7.75. The number of rotatable bonds is 2. The highest BCUT2D eigenvalue weighted by atomic mass is 19.4. The van der Waals surface area contributed by atoms with Gasteiger partial charge in [0, 0.05) is 31.9 Å². The second-order valence-electron chi connectivity index (χ2n) is 6.93. The average Bonchev–Trinajstić information content (AvgIpc) is 2.99. The van der Waals surface area contributed by atoms with Crippen LogP contribution in [0.1, 0.15) is 33.2 Å². The van der Waals surface area contributed by atoms with Crippen LogP contribution in [-0.4, -0.2) is 39.0 Å². The smallest absolute Gasteiger partial charge is 0.475 e. The number of nitrogens with two attached hydrogens (primary N) is 1. The molecule has 29 heavy (non-hydrogen) atoms. The fourth-order valence-corrected chi connectivity index (χ4v) is 3.67. The molecule has 0 radical (unpaired) electrons. The molecule has 3 N–H and O–H groups in total. The first kappa shape index (κ1) is 20.7. The molecule has 2 aliphatic rings. The topological polar surface area (TPSA) is 88.6 Å². The molecule has 1 aromatic carbocycles. The van der Waals surface area contributed by atoms with Crippen LogP contribution in [0.25, 0.3) is 0 Å². The highest BCUT2D eigenvalue weighted by molar-refractivity contribution is 6.09. The van der Waals surface area contributed by atoms with Crippen LogP contribution in [-0.2, 0) is 24.8 Å². The number of carbonyl (C=O) groups excluding carboxylic acids is 1. The molecule has 9 heteroatoms. The van der Waals surface area contributed by atoms with Crippen LogP contribution in [0, 0.1) is 0 Å². The molecule has 0 saturated carbocycles. The average molecular weight is 407 g/mol. The van der Waals surface area contributed by atoms with Crippen molar-refractivity contribution in [3.05, 3.63) is 70.7 Å². The third-order valence-electron chi connectivity index (χ3n) is 4.95. The first-order chi connectivity index (χ1) is 13.6. The Morgan fingerprint density at radius 3 is 2.48 bits per heavy atom. The monoisotopic (exact) mass is 407 g/mol. The maximum absolute atomic E-state index is 12.4. The van der Waals surface area contributed by atoms with E-state index in [4.69, 9.17) is 15.6 Å². The van der Waals surface area contributed by atoms with Crippen molar-refractivity contribution >= 4 is 11.8 Å². The second-order valence-corrected chi connectivity index (χ2v) is 6.93. The van der Waals surface area contributed by atoms with Crippen molar-refractivity contribution in [1.82, 2.24) is 9.47 Å². The van der Waals surface area contributed by atoms with E-state index in [1.54, 1.807) is 0 Å². The number of allylic oxidation sites excluding steroid dienone is 1. The molecule has 154 valence electrons. The van der Waals surface area contributed by atoms with Crippen molar-refractivity contribution in [2.75, 3.05) is 6.54 Å². The summed E-state index contributed by atoms with van der Waals surface area (Å²) in [6, 6.07) is 10.5. The van der Waals surface area contributed by atoms with E-state index in [2.05, 4.69) is 35.4 Å². The lowest BCUT2D eigenvalue weighted by Crippen LogP contribution is -2.37. The summed E-state index contributed by atoms with van der Waals surface area (Å²) in [5.74, 6) is -2.80. The molecular formula is C20H20F3N3O3. The summed E-state index contributed by atoms with van der Waals surface area (Å²) in [5.41, 5.74) is 10.8. The van der Waals surface area contributed by atoms with E-state index in [1.807, 2.05) is 23.8 Å². The van der Waals surface area contributed by atoms with Crippen molar-refractivity contribution in [2.45, 2.75) is 25.2 Å². The highest BCUT2D eigenvalue weighted by Gasteiger charge is 2.38. The molecule has 0 fully saturated rings. The van der Waals surface area contributed by atoms with Gasteiger partial charge < -0.3 is 15.4 Å². The molecule has 0 spiro atoms. The first-order valence-corrected chi connectivity index (χ1v) is 8.87. The number of hydrogen-bond donors (Lipinski definition) is 2. The summed E-state index contributed by atoms with van der Waals surface area (Å²) < 4.78 is 33.7. The van der Waals surface area contributed by atoms with Crippen LogP contribution in [0.5, 0.6) is 0 Å². The Morgan fingerprint density at radius 2 is 1.90 bits per heavy atom. The number of carboxylic acids is 1. The van der Waals surface area contributed by atoms with E-state index in [-0.39, 0.29) is 11.8 Å². The Labute approximate surface area is 165 Å². The largest absolute Gasteiger partial charge is 0.490 e. The zero-order valence-electron chi connectivity index (χ0n) is 15.6. The first-order valence-electron chi connectivity index (χ1n) is 8.87. The standard InChI is InChI=1S/C18H19N3O.C2HF3O2/c1-20-11-13-7-8-21(10-12-5-3-2-4-6-12)15-9-14(19)18(22)17(20)16(13)15;3-2(4,5)1(6)7/h2-6,9,11,15H,7-8,10,19H2,1H3;(H,6,7). The molecule has 1 atom stereocenters. The van der Waals surface area contributed by atoms with Gasteiger partial charge in [0.15, 0.2) is 0 Å². The predicted molar refractivity (Wildman–Crippen MR) is 99.0 cm³/mol. The molecule has 2 aromatic rings. The van der Waals surface area contributed by atoms with Crippen LogP contribution in [0.15, 0.2) is 48.3 Å². The van der Waals surface area contributed by atoms with E-state index in [0.29, 0.717) is 5.70 Å². The third-order valence-corrected chi connectivity index (χ3v) is 4.95. The minimum atomic E-state index is -5.08. The SMILES string of the molecule is Cn1cc2c3c1C(=O)C(N)=CC3N(Cc1ccccc1)CC2.O=C(O)C(F)(F)F. The summed E-state index contributed by atoms with van der Waals surface area (Å²) in [7, 11) is 1.93. The lowest BCUT2D eigenvalue weighted by Gasteiger charge is -2.36.